The predicted octanol–water partition coefficient (Wildman–Crippen LogP) is 3.47. The molecule has 1 aromatic carbocycles. The minimum absolute atomic E-state index is 0.00471. The lowest BCUT2D eigenvalue weighted by Gasteiger charge is -2.06. The zero-order valence-electron chi connectivity index (χ0n) is 8.93. The van der Waals surface area contributed by atoms with Crippen LogP contribution in [0.4, 0.5) is 4.39 Å². The van der Waals surface area contributed by atoms with E-state index >= 15 is 0 Å². The van der Waals surface area contributed by atoms with Crippen LogP contribution in [0.2, 0.25) is 0 Å². The molecule has 0 amide bonds. The minimum atomic E-state index is -1.10. The van der Waals surface area contributed by atoms with Crippen molar-refractivity contribution in [2.24, 2.45) is 0 Å². The Balaban J connectivity index is 2.25. The lowest BCUT2D eigenvalue weighted by molar-refractivity contribution is 0.0696. The molecule has 1 aromatic heterocycles. The first-order valence-electron chi connectivity index (χ1n) is 4.87. The molecule has 4 nitrogen and oxygen atoms in total. The first kappa shape index (κ1) is 12.5. The zero-order valence-corrected chi connectivity index (χ0v) is 10.5. The Bertz CT molecular complexity index is 604. The maximum Gasteiger partial charge on any atom is 0.337 e. The number of nitrogens with zero attached hydrogens (tertiary/aromatic N) is 1. The third-order valence-electron chi connectivity index (χ3n) is 2.09. The lowest BCUT2D eigenvalue weighted by Crippen LogP contribution is -1.97. The number of aromatic nitrogens is 1. The van der Waals surface area contributed by atoms with Gasteiger partial charge in [-0.05, 0) is 34.1 Å². The topological polar surface area (TPSA) is 59.4 Å². The molecule has 0 unspecified atom stereocenters. The highest BCUT2D eigenvalue weighted by Crippen LogP contribution is 2.25. The van der Waals surface area contributed by atoms with E-state index in [4.69, 9.17) is 9.84 Å². The van der Waals surface area contributed by atoms with Crippen LogP contribution in [0.3, 0.4) is 0 Å². The molecule has 0 fully saturated rings. The van der Waals surface area contributed by atoms with Gasteiger partial charge >= 0.3 is 5.97 Å². The van der Waals surface area contributed by atoms with Crippen LogP contribution in [-0.4, -0.2) is 16.1 Å². The van der Waals surface area contributed by atoms with Gasteiger partial charge in [0.2, 0.25) is 0 Å². The number of carboxylic acids is 1. The van der Waals surface area contributed by atoms with Crippen LogP contribution in [0.25, 0.3) is 0 Å². The largest absolute Gasteiger partial charge is 0.478 e. The van der Waals surface area contributed by atoms with Gasteiger partial charge in [-0.1, -0.05) is 0 Å². The van der Waals surface area contributed by atoms with Crippen molar-refractivity contribution < 1.29 is 19.0 Å². The van der Waals surface area contributed by atoms with E-state index in [1.165, 1.54) is 30.6 Å². The van der Waals surface area contributed by atoms with Gasteiger partial charge in [0.1, 0.15) is 17.3 Å². The summed E-state index contributed by atoms with van der Waals surface area (Å²) in [5.41, 5.74) is 0.00471. The first-order chi connectivity index (χ1) is 8.56. The Kier molecular flexibility index (Phi) is 3.57. The minimum Gasteiger partial charge on any atom is -0.478 e. The van der Waals surface area contributed by atoms with Gasteiger partial charge in [0.05, 0.1) is 16.2 Å². The molecule has 18 heavy (non-hydrogen) atoms. The fourth-order valence-corrected chi connectivity index (χ4v) is 1.51. The summed E-state index contributed by atoms with van der Waals surface area (Å²) in [5, 5.41) is 8.79. The average molecular weight is 312 g/mol. The number of pyridine rings is 1. The second-order valence-corrected chi connectivity index (χ2v) is 4.25. The molecule has 2 aromatic rings. The zero-order chi connectivity index (χ0) is 13.1. The third-order valence-corrected chi connectivity index (χ3v) is 2.73. The number of hydrogen-bond acceptors (Lipinski definition) is 3. The summed E-state index contributed by atoms with van der Waals surface area (Å²) in [6, 6.07) is 5.56. The van der Waals surface area contributed by atoms with E-state index in [-0.39, 0.29) is 17.1 Å². The molecule has 0 saturated heterocycles. The molecule has 0 spiro atoms. The van der Waals surface area contributed by atoms with E-state index < -0.39 is 11.8 Å². The Morgan fingerprint density at radius 2 is 2.06 bits per heavy atom. The molecule has 92 valence electrons. The summed E-state index contributed by atoms with van der Waals surface area (Å²) in [4.78, 5) is 14.5. The molecule has 0 bridgehead atoms. The molecule has 0 aliphatic heterocycles. The first-order valence-corrected chi connectivity index (χ1v) is 5.67. The molecular weight excluding hydrogens is 305 g/mol. The number of ether oxygens (including phenoxy) is 1. The Labute approximate surface area is 110 Å². The number of carboxylic acid groups (broad SMARTS) is 1. The third kappa shape index (κ3) is 2.84. The second kappa shape index (κ2) is 5.14. The van der Waals surface area contributed by atoms with E-state index in [0.29, 0.717) is 4.47 Å². The van der Waals surface area contributed by atoms with Crippen LogP contribution in [0.1, 0.15) is 10.4 Å². The smallest absolute Gasteiger partial charge is 0.337 e. The molecule has 0 saturated carbocycles. The molecule has 0 atom stereocenters. The molecule has 1 heterocycles. The standard InChI is InChI=1S/C12H7BrFNO3/c13-10-2-1-8(4-11(10)14)18-9-3-7(12(16)17)5-15-6-9/h1-6H,(H,16,17). The normalized spacial score (nSPS) is 10.1. The fourth-order valence-electron chi connectivity index (χ4n) is 1.27. The number of rotatable bonds is 3. The van der Waals surface area contributed by atoms with E-state index in [0.717, 1.165) is 0 Å². The highest BCUT2D eigenvalue weighted by atomic mass is 79.9. The number of carbonyl (C=O) groups is 1. The van der Waals surface area contributed by atoms with E-state index in [9.17, 15) is 9.18 Å². The number of benzene rings is 1. The molecular formula is C12H7BrFNO3. The number of halogens is 2. The fraction of sp³-hybridized carbons (Fsp3) is 0. The Morgan fingerprint density at radius 3 is 2.72 bits per heavy atom. The molecule has 6 heteroatoms. The molecule has 0 radical (unpaired) electrons. The SMILES string of the molecule is O=C(O)c1cncc(Oc2ccc(Br)c(F)c2)c1. The van der Waals surface area contributed by atoms with Crippen LogP contribution in [0, 0.1) is 5.82 Å². The van der Waals surface area contributed by atoms with Crippen molar-refractivity contribution in [1.29, 1.82) is 0 Å². The van der Waals surface area contributed by atoms with Gasteiger partial charge in [0.25, 0.3) is 0 Å². The summed E-state index contributed by atoms with van der Waals surface area (Å²) in [6.45, 7) is 0. The second-order valence-electron chi connectivity index (χ2n) is 3.39. The lowest BCUT2D eigenvalue weighted by atomic mass is 10.3. The maximum absolute atomic E-state index is 13.3. The molecule has 0 aliphatic carbocycles. The number of hydrogen-bond donors (Lipinski definition) is 1. The summed E-state index contributed by atoms with van der Waals surface area (Å²) in [7, 11) is 0. The van der Waals surface area contributed by atoms with Gasteiger partial charge in [0.15, 0.2) is 0 Å². The Hall–Kier alpha value is -1.95. The molecule has 2 rings (SSSR count). The van der Waals surface area contributed by atoms with Crippen molar-refractivity contribution in [3.63, 3.8) is 0 Å². The van der Waals surface area contributed by atoms with Crippen molar-refractivity contribution in [3.8, 4) is 11.5 Å². The highest BCUT2D eigenvalue weighted by Gasteiger charge is 2.07. The predicted molar refractivity (Wildman–Crippen MR) is 65.4 cm³/mol. The average Bonchev–Trinajstić information content (AvgIpc) is 2.34. The van der Waals surface area contributed by atoms with Gasteiger partial charge in [-0.25, -0.2) is 9.18 Å². The Morgan fingerprint density at radius 1 is 1.28 bits per heavy atom. The van der Waals surface area contributed by atoms with E-state index in [1.54, 1.807) is 6.07 Å². The summed E-state index contributed by atoms with van der Waals surface area (Å²) in [5.74, 6) is -1.07. The van der Waals surface area contributed by atoms with Crippen LogP contribution in [-0.2, 0) is 0 Å². The molecule has 1 N–H and O–H groups in total. The molecule has 0 aliphatic rings. The van der Waals surface area contributed by atoms with E-state index in [2.05, 4.69) is 20.9 Å². The van der Waals surface area contributed by atoms with Crippen LogP contribution >= 0.6 is 15.9 Å². The highest BCUT2D eigenvalue weighted by molar-refractivity contribution is 9.10. The van der Waals surface area contributed by atoms with Crippen molar-refractivity contribution in [2.45, 2.75) is 0 Å². The monoisotopic (exact) mass is 311 g/mol. The van der Waals surface area contributed by atoms with Crippen molar-refractivity contribution in [2.75, 3.05) is 0 Å². The van der Waals surface area contributed by atoms with Gasteiger partial charge < -0.3 is 9.84 Å². The van der Waals surface area contributed by atoms with Gasteiger partial charge in [-0.15, -0.1) is 0 Å². The van der Waals surface area contributed by atoms with Gasteiger partial charge in [-0.3, -0.25) is 4.98 Å². The summed E-state index contributed by atoms with van der Waals surface area (Å²) < 4.78 is 18.9. The summed E-state index contributed by atoms with van der Waals surface area (Å²) in [6.07, 6.45) is 2.56. The van der Waals surface area contributed by atoms with Crippen LogP contribution < -0.4 is 4.74 Å². The van der Waals surface area contributed by atoms with Crippen molar-refractivity contribution >= 4 is 21.9 Å². The van der Waals surface area contributed by atoms with Crippen molar-refractivity contribution in [1.82, 2.24) is 4.98 Å². The summed E-state index contributed by atoms with van der Waals surface area (Å²) >= 11 is 3.02. The quantitative estimate of drug-likeness (QED) is 0.943. The van der Waals surface area contributed by atoms with Gasteiger partial charge in [-0.2, -0.15) is 0 Å². The van der Waals surface area contributed by atoms with Crippen LogP contribution in [0.5, 0.6) is 11.5 Å². The van der Waals surface area contributed by atoms with E-state index in [1.807, 2.05) is 0 Å². The number of aromatic carboxylic acids is 1. The van der Waals surface area contributed by atoms with Crippen molar-refractivity contribution in [3.05, 3.63) is 52.5 Å². The van der Waals surface area contributed by atoms with Gasteiger partial charge in [0, 0.05) is 12.3 Å². The maximum atomic E-state index is 13.3. The van der Waals surface area contributed by atoms with Crippen LogP contribution in [0.15, 0.2) is 41.1 Å².